The summed E-state index contributed by atoms with van der Waals surface area (Å²) in [6.07, 6.45) is 8.92. The van der Waals surface area contributed by atoms with Crippen LogP contribution < -0.4 is 0 Å². The van der Waals surface area contributed by atoms with Gasteiger partial charge in [-0.3, -0.25) is 0 Å². The van der Waals surface area contributed by atoms with Crippen LogP contribution in [0.5, 0.6) is 0 Å². The first kappa shape index (κ1) is 18.8. The Kier molecular flexibility index (Phi) is 10.4. The molecule has 1 nitrogen and oxygen atoms in total. The summed E-state index contributed by atoms with van der Waals surface area (Å²) < 4.78 is 6.55. The SMILES string of the molecule is CCCCCC/C=C(/O[Si](CC)(CC)CC)C(C)C. The molecule has 0 radical (unpaired) electrons. The smallest absolute Gasteiger partial charge is 0.250 e. The first-order valence-electron chi connectivity index (χ1n) is 8.44. The monoisotopic (exact) mass is 284 g/mol. The molecule has 0 aromatic heterocycles. The summed E-state index contributed by atoms with van der Waals surface area (Å²) >= 11 is 0. The topological polar surface area (TPSA) is 9.23 Å². The van der Waals surface area contributed by atoms with E-state index in [0.29, 0.717) is 5.92 Å². The van der Waals surface area contributed by atoms with Gasteiger partial charge >= 0.3 is 0 Å². The predicted molar refractivity (Wildman–Crippen MR) is 90.0 cm³/mol. The van der Waals surface area contributed by atoms with Crippen LogP contribution in [0.1, 0.15) is 73.6 Å². The fourth-order valence-electron chi connectivity index (χ4n) is 2.43. The number of hydrogen-bond acceptors (Lipinski definition) is 1. The lowest BCUT2D eigenvalue weighted by Gasteiger charge is -2.32. The number of rotatable bonds is 11. The summed E-state index contributed by atoms with van der Waals surface area (Å²) in [4.78, 5) is 0. The lowest BCUT2D eigenvalue weighted by atomic mass is 10.1. The van der Waals surface area contributed by atoms with Gasteiger partial charge in [0.2, 0.25) is 8.32 Å². The van der Waals surface area contributed by atoms with E-state index < -0.39 is 8.32 Å². The van der Waals surface area contributed by atoms with E-state index in [0.717, 1.165) is 0 Å². The zero-order valence-electron chi connectivity index (χ0n) is 14.2. The molecule has 0 saturated heterocycles. The van der Waals surface area contributed by atoms with Gasteiger partial charge in [0.25, 0.3) is 0 Å². The van der Waals surface area contributed by atoms with Crippen LogP contribution in [0, 0.1) is 5.92 Å². The Bertz CT molecular complexity index is 233. The van der Waals surface area contributed by atoms with Gasteiger partial charge in [0.1, 0.15) is 0 Å². The minimum Gasteiger partial charge on any atom is -0.547 e. The Hall–Kier alpha value is -0.243. The van der Waals surface area contributed by atoms with Gasteiger partial charge < -0.3 is 4.43 Å². The zero-order chi connectivity index (χ0) is 14.7. The molecule has 0 fully saturated rings. The van der Waals surface area contributed by atoms with Crippen molar-refractivity contribution in [1.82, 2.24) is 0 Å². The maximum atomic E-state index is 6.55. The van der Waals surface area contributed by atoms with E-state index in [1.807, 2.05) is 0 Å². The minimum absolute atomic E-state index is 0.530. The summed E-state index contributed by atoms with van der Waals surface area (Å²) in [5.74, 6) is 1.80. The molecular formula is C17H36OSi. The van der Waals surface area contributed by atoms with E-state index in [9.17, 15) is 0 Å². The second-order valence-corrected chi connectivity index (χ2v) is 10.6. The van der Waals surface area contributed by atoms with Crippen LogP contribution in [-0.2, 0) is 4.43 Å². The molecule has 0 bridgehead atoms. The maximum absolute atomic E-state index is 6.55. The zero-order valence-corrected chi connectivity index (χ0v) is 15.2. The van der Waals surface area contributed by atoms with Crippen molar-refractivity contribution in [3.05, 3.63) is 11.8 Å². The fourth-order valence-corrected chi connectivity index (χ4v) is 5.18. The Balaban J connectivity index is 4.50. The van der Waals surface area contributed by atoms with Crippen molar-refractivity contribution in [3.8, 4) is 0 Å². The molecule has 0 aliphatic heterocycles. The van der Waals surface area contributed by atoms with Crippen molar-refractivity contribution in [1.29, 1.82) is 0 Å². The predicted octanol–water partition coefficient (Wildman–Crippen LogP) is 6.52. The van der Waals surface area contributed by atoms with Gasteiger partial charge in [-0.2, -0.15) is 0 Å². The molecule has 0 N–H and O–H groups in total. The summed E-state index contributed by atoms with van der Waals surface area (Å²) in [5, 5.41) is 0. The van der Waals surface area contributed by atoms with Crippen LogP contribution in [-0.4, -0.2) is 8.32 Å². The van der Waals surface area contributed by atoms with Crippen LogP contribution in [0.3, 0.4) is 0 Å². The average molecular weight is 285 g/mol. The van der Waals surface area contributed by atoms with Crippen LogP contribution in [0.25, 0.3) is 0 Å². The molecule has 0 rings (SSSR count). The molecular weight excluding hydrogens is 248 g/mol. The fraction of sp³-hybridized carbons (Fsp3) is 0.882. The van der Waals surface area contributed by atoms with Gasteiger partial charge in [-0.1, -0.05) is 60.8 Å². The van der Waals surface area contributed by atoms with Gasteiger partial charge in [0.05, 0.1) is 5.76 Å². The molecule has 0 aliphatic rings. The van der Waals surface area contributed by atoms with Gasteiger partial charge in [0, 0.05) is 5.92 Å². The van der Waals surface area contributed by atoms with Gasteiger partial charge in [-0.25, -0.2) is 0 Å². The average Bonchev–Trinajstić information content (AvgIpc) is 2.42. The molecule has 0 unspecified atom stereocenters. The third-order valence-corrected chi connectivity index (χ3v) is 8.77. The highest BCUT2D eigenvalue weighted by atomic mass is 28.4. The highest BCUT2D eigenvalue weighted by molar-refractivity contribution is 6.73. The second kappa shape index (κ2) is 10.5. The molecule has 0 aromatic carbocycles. The lowest BCUT2D eigenvalue weighted by molar-refractivity contribution is 0.348. The molecule has 2 heteroatoms. The van der Waals surface area contributed by atoms with Crippen molar-refractivity contribution in [3.63, 3.8) is 0 Å². The summed E-state index contributed by atoms with van der Waals surface area (Å²) in [6.45, 7) is 13.7. The number of hydrogen-bond donors (Lipinski definition) is 0. The van der Waals surface area contributed by atoms with Crippen molar-refractivity contribution < 1.29 is 4.43 Å². The lowest BCUT2D eigenvalue weighted by Crippen LogP contribution is -2.36. The molecule has 0 amide bonds. The maximum Gasteiger partial charge on any atom is 0.250 e. The summed E-state index contributed by atoms with van der Waals surface area (Å²) in [6, 6.07) is 3.71. The minimum atomic E-state index is -1.49. The van der Waals surface area contributed by atoms with E-state index in [4.69, 9.17) is 4.43 Å². The van der Waals surface area contributed by atoms with E-state index in [1.54, 1.807) is 0 Å². The highest BCUT2D eigenvalue weighted by Crippen LogP contribution is 2.28. The number of allylic oxidation sites excluding steroid dienone is 2. The molecule has 0 spiro atoms. The molecule has 0 saturated carbocycles. The molecule has 0 aromatic rings. The van der Waals surface area contributed by atoms with Crippen molar-refractivity contribution in [2.24, 2.45) is 5.92 Å². The van der Waals surface area contributed by atoms with Gasteiger partial charge in [-0.15, -0.1) is 0 Å². The van der Waals surface area contributed by atoms with Crippen LogP contribution in [0.4, 0.5) is 0 Å². The number of unbranched alkanes of at least 4 members (excludes halogenated alkanes) is 4. The van der Waals surface area contributed by atoms with Crippen molar-refractivity contribution in [2.75, 3.05) is 0 Å². The third kappa shape index (κ3) is 7.19. The van der Waals surface area contributed by atoms with Crippen molar-refractivity contribution >= 4 is 8.32 Å². The summed E-state index contributed by atoms with van der Waals surface area (Å²) in [5.41, 5.74) is 0. The third-order valence-electron chi connectivity index (χ3n) is 4.24. The largest absolute Gasteiger partial charge is 0.547 e. The molecule has 114 valence electrons. The van der Waals surface area contributed by atoms with Crippen LogP contribution in [0.15, 0.2) is 11.8 Å². The van der Waals surface area contributed by atoms with E-state index in [-0.39, 0.29) is 0 Å². The Morgan fingerprint density at radius 1 is 0.947 bits per heavy atom. The van der Waals surface area contributed by atoms with Crippen molar-refractivity contribution in [2.45, 2.75) is 91.8 Å². The molecule has 19 heavy (non-hydrogen) atoms. The first-order valence-corrected chi connectivity index (χ1v) is 11.0. The molecule has 0 heterocycles. The van der Waals surface area contributed by atoms with E-state index >= 15 is 0 Å². The first-order chi connectivity index (χ1) is 9.05. The normalized spacial score (nSPS) is 13.1. The highest BCUT2D eigenvalue weighted by Gasteiger charge is 2.31. The van der Waals surface area contributed by atoms with Gasteiger partial charge in [-0.05, 0) is 37.0 Å². The standard InChI is InChI=1S/C17H36OSi/c1-7-11-12-13-14-15-17(16(5)6)18-19(8-2,9-3)10-4/h15-16H,7-14H2,1-6H3/b17-15+. The van der Waals surface area contributed by atoms with Gasteiger partial charge in [0.15, 0.2) is 0 Å². The van der Waals surface area contributed by atoms with Crippen LogP contribution >= 0.6 is 0 Å². The van der Waals surface area contributed by atoms with Crippen LogP contribution in [0.2, 0.25) is 18.1 Å². The summed E-state index contributed by atoms with van der Waals surface area (Å²) in [7, 11) is -1.49. The van der Waals surface area contributed by atoms with E-state index in [2.05, 4.69) is 47.6 Å². The van der Waals surface area contributed by atoms with E-state index in [1.165, 1.54) is 56.0 Å². The molecule has 0 aliphatic carbocycles. The Morgan fingerprint density at radius 3 is 1.95 bits per heavy atom. The second-order valence-electron chi connectivity index (χ2n) is 5.96. The Morgan fingerprint density at radius 2 is 1.53 bits per heavy atom. The quantitative estimate of drug-likeness (QED) is 0.238. The molecule has 0 atom stereocenters. The Labute approximate surface area is 123 Å².